The zero-order valence-corrected chi connectivity index (χ0v) is 11.8. The molecule has 4 heterocycles. The maximum Gasteiger partial charge on any atom is 0.254 e. The lowest BCUT2D eigenvalue weighted by atomic mass is 9.92. The monoisotopic (exact) mass is 282 g/mol. The minimum atomic E-state index is 0.131. The Hall–Kier alpha value is -2.14. The van der Waals surface area contributed by atoms with Crippen LogP contribution in [-0.2, 0) is 6.54 Å². The van der Waals surface area contributed by atoms with E-state index in [1.165, 1.54) is 5.69 Å². The molecule has 0 spiro atoms. The van der Waals surface area contributed by atoms with E-state index in [4.69, 9.17) is 0 Å². The summed E-state index contributed by atoms with van der Waals surface area (Å²) in [5, 5.41) is 0. The van der Waals surface area contributed by atoms with Crippen molar-refractivity contribution < 1.29 is 4.79 Å². The number of amides is 1. The Balaban J connectivity index is 1.40. The predicted molar refractivity (Wildman–Crippen MR) is 78.6 cm³/mol. The van der Waals surface area contributed by atoms with Crippen molar-refractivity contribution in [1.82, 2.24) is 19.8 Å². The fourth-order valence-corrected chi connectivity index (χ4v) is 3.46. The highest BCUT2D eigenvalue weighted by molar-refractivity contribution is 5.94. The molecule has 2 aliphatic heterocycles. The van der Waals surface area contributed by atoms with Crippen LogP contribution in [0.2, 0.25) is 0 Å². The third-order valence-corrected chi connectivity index (χ3v) is 4.59. The second-order valence-electron chi connectivity index (χ2n) is 5.90. The van der Waals surface area contributed by atoms with Gasteiger partial charge in [-0.25, -0.2) is 0 Å². The molecular weight excluding hydrogens is 264 g/mol. The van der Waals surface area contributed by atoms with Gasteiger partial charge in [0.25, 0.3) is 5.91 Å². The van der Waals surface area contributed by atoms with Crippen molar-refractivity contribution in [2.24, 2.45) is 5.92 Å². The SMILES string of the molecule is O=C(c1ccncc1)N1C[C@H]2CN(Cc3ccc[nH]3)[C@H]2C1. The van der Waals surface area contributed by atoms with Crippen molar-refractivity contribution in [2.45, 2.75) is 12.6 Å². The number of carbonyl (C=O) groups is 1. The van der Waals surface area contributed by atoms with Crippen molar-refractivity contribution >= 4 is 5.91 Å². The molecule has 0 bridgehead atoms. The Morgan fingerprint density at radius 2 is 2.10 bits per heavy atom. The molecule has 5 heteroatoms. The van der Waals surface area contributed by atoms with E-state index >= 15 is 0 Å². The van der Waals surface area contributed by atoms with Gasteiger partial charge in [-0.15, -0.1) is 0 Å². The molecule has 1 N–H and O–H groups in total. The first-order valence-electron chi connectivity index (χ1n) is 7.37. The first kappa shape index (κ1) is 12.6. The zero-order chi connectivity index (χ0) is 14.2. The highest BCUT2D eigenvalue weighted by atomic mass is 16.2. The Bertz CT molecular complexity index is 625. The Morgan fingerprint density at radius 1 is 1.24 bits per heavy atom. The molecule has 5 nitrogen and oxygen atoms in total. The average Bonchev–Trinajstić information content (AvgIpc) is 3.13. The zero-order valence-electron chi connectivity index (χ0n) is 11.8. The van der Waals surface area contributed by atoms with Crippen LogP contribution in [0.15, 0.2) is 42.9 Å². The van der Waals surface area contributed by atoms with Crippen LogP contribution >= 0.6 is 0 Å². The number of nitrogens with zero attached hydrogens (tertiary/aromatic N) is 3. The minimum absolute atomic E-state index is 0.131. The highest BCUT2D eigenvalue weighted by Crippen LogP contribution is 2.33. The fourth-order valence-electron chi connectivity index (χ4n) is 3.46. The Labute approximate surface area is 123 Å². The number of aromatic amines is 1. The van der Waals surface area contributed by atoms with E-state index in [0.717, 1.165) is 31.7 Å². The average molecular weight is 282 g/mol. The van der Waals surface area contributed by atoms with E-state index in [1.54, 1.807) is 24.5 Å². The van der Waals surface area contributed by atoms with Crippen LogP contribution in [0.1, 0.15) is 16.1 Å². The maximum absolute atomic E-state index is 12.5. The predicted octanol–water partition coefficient (Wildman–Crippen LogP) is 1.37. The second kappa shape index (κ2) is 5.00. The van der Waals surface area contributed by atoms with Crippen molar-refractivity contribution in [3.8, 4) is 0 Å². The van der Waals surface area contributed by atoms with Gasteiger partial charge in [0.05, 0.1) is 0 Å². The molecule has 4 rings (SSSR count). The number of hydrogen-bond donors (Lipinski definition) is 1. The number of fused-ring (bicyclic) bond motifs is 1. The van der Waals surface area contributed by atoms with Crippen LogP contribution in [0.4, 0.5) is 0 Å². The summed E-state index contributed by atoms with van der Waals surface area (Å²) in [6.07, 6.45) is 5.31. The van der Waals surface area contributed by atoms with Gasteiger partial charge in [0.15, 0.2) is 0 Å². The molecule has 0 saturated carbocycles. The largest absolute Gasteiger partial charge is 0.364 e. The molecule has 2 aromatic rings. The molecule has 21 heavy (non-hydrogen) atoms. The number of rotatable bonds is 3. The molecule has 2 saturated heterocycles. The number of carbonyl (C=O) groups excluding carboxylic acids is 1. The highest BCUT2D eigenvalue weighted by Gasteiger charge is 2.46. The Kier molecular flexibility index (Phi) is 3.00. The van der Waals surface area contributed by atoms with Crippen LogP contribution < -0.4 is 0 Å². The molecule has 2 atom stereocenters. The van der Waals surface area contributed by atoms with Gasteiger partial charge in [-0.05, 0) is 24.3 Å². The maximum atomic E-state index is 12.5. The topological polar surface area (TPSA) is 52.2 Å². The molecule has 0 aliphatic carbocycles. The fraction of sp³-hybridized carbons (Fsp3) is 0.375. The normalized spacial score (nSPS) is 24.7. The first-order valence-corrected chi connectivity index (χ1v) is 7.37. The summed E-state index contributed by atoms with van der Waals surface area (Å²) >= 11 is 0. The number of aromatic nitrogens is 2. The summed E-state index contributed by atoms with van der Waals surface area (Å²) in [5.41, 5.74) is 1.98. The lowest BCUT2D eigenvalue weighted by Crippen LogP contribution is -2.54. The summed E-state index contributed by atoms with van der Waals surface area (Å²) in [6.45, 7) is 3.76. The Morgan fingerprint density at radius 3 is 2.86 bits per heavy atom. The third-order valence-electron chi connectivity index (χ3n) is 4.59. The number of H-pyrrole nitrogens is 1. The van der Waals surface area contributed by atoms with Crippen LogP contribution in [0.5, 0.6) is 0 Å². The molecule has 2 aromatic heterocycles. The van der Waals surface area contributed by atoms with Gasteiger partial charge in [-0.3, -0.25) is 14.7 Å². The van der Waals surface area contributed by atoms with Crippen molar-refractivity contribution in [2.75, 3.05) is 19.6 Å². The molecule has 108 valence electrons. The van der Waals surface area contributed by atoms with E-state index < -0.39 is 0 Å². The van der Waals surface area contributed by atoms with Gasteiger partial charge in [0, 0.05) is 68.0 Å². The third kappa shape index (κ3) is 2.23. The van der Waals surface area contributed by atoms with E-state index in [0.29, 0.717) is 12.0 Å². The smallest absolute Gasteiger partial charge is 0.254 e. The van der Waals surface area contributed by atoms with Gasteiger partial charge >= 0.3 is 0 Å². The summed E-state index contributed by atoms with van der Waals surface area (Å²) < 4.78 is 0. The van der Waals surface area contributed by atoms with Crippen molar-refractivity contribution in [3.63, 3.8) is 0 Å². The van der Waals surface area contributed by atoms with E-state index in [2.05, 4.69) is 20.9 Å². The molecule has 0 aromatic carbocycles. The van der Waals surface area contributed by atoms with Crippen LogP contribution in [0.25, 0.3) is 0 Å². The number of pyridine rings is 1. The molecule has 2 fully saturated rings. The van der Waals surface area contributed by atoms with Gasteiger partial charge in [0.1, 0.15) is 0 Å². The summed E-state index contributed by atoms with van der Waals surface area (Å²) in [6, 6.07) is 8.24. The minimum Gasteiger partial charge on any atom is -0.364 e. The van der Waals surface area contributed by atoms with E-state index in [1.807, 2.05) is 17.2 Å². The van der Waals surface area contributed by atoms with E-state index in [9.17, 15) is 4.79 Å². The first-order chi connectivity index (χ1) is 10.3. The van der Waals surface area contributed by atoms with Gasteiger partial charge < -0.3 is 9.88 Å². The number of nitrogens with one attached hydrogen (secondary N) is 1. The van der Waals surface area contributed by atoms with Gasteiger partial charge in [-0.1, -0.05) is 0 Å². The van der Waals surface area contributed by atoms with Crippen LogP contribution in [-0.4, -0.2) is 51.4 Å². The molecule has 1 amide bonds. The van der Waals surface area contributed by atoms with Crippen LogP contribution in [0.3, 0.4) is 0 Å². The van der Waals surface area contributed by atoms with E-state index in [-0.39, 0.29) is 5.91 Å². The molecular formula is C16H18N4O. The van der Waals surface area contributed by atoms with Gasteiger partial charge in [0.2, 0.25) is 0 Å². The summed E-state index contributed by atoms with van der Waals surface area (Å²) in [7, 11) is 0. The molecule has 0 unspecified atom stereocenters. The number of hydrogen-bond acceptors (Lipinski definition) is 3. The van der Waals surface area contributed by atoms with Crippen molar-refractivity contribution in [3.05, 3.63) is 54.1 Å². The molecule has 0 radical (unpaired) electrons. The second-order valence-corrected chi connectivity index (χ2v) is 5.90. The lowest BCUT2D eigenvalue weighted by Gasteiger charge is -2.43. The standard InChI is InChI=1S/C16H18N4O/c21-16(12-3-6-17-7-4-12)20-9-13-8-19(15(13)11-20)10-14-2-1-5-18-14/h1-7,13,15,18H,8-11H2/t13-,15+/m1/s1. The molecule has 2 aliphatic rings. The van der Waals surface area contributed by atoms with Crippen LogP contribution in [0, 0.1) is 5.92 Å². The summed E-state index contributed by atoms with van der Waals surface area (Å²) in [4.78, 5) is 24.1. The van der Waals surface area contributed by atoms with Gasteiger partial charge in [-0.2, -0.15) is 0 Å². The lowest BCUT2D eigenvalue weighted by molar-refractivity contribution is 0.0423. The quantitative estimate of drug-likeness (QED) is 0.925. The number of likely N-dealkylation sites (tertiary alicyclic amines) is 2. The van der Waals surface area contributed by atoms with Crippen molar-refractivity contribution in [1.29, 1.82) is 0 Å². The summed E-state index contributed by atoms with van der Waals surface area (Å²) in [5.74, 6) is 0.761.